The third-order valence-corrected chi connectivity index (χ3v) is 3.04. The van der Waals surface area contributed by atoms with Gasteiger partial charge >= 0.3 is 11.9 Å². The van der Waals surface area contributed by atoms with Crippen LogP contribution in [0.2, 0.25) is 0 Å². The van der Waals surface area contributed by atoms with E-state index in [2.05, 4.69) is 10.4 Å². The molecule has 0 aliphatic carbocycles. The number of anilines is 1. The molecule has 10 heteroatoms. The van der Waals surface area contributed by atoms with E-state index in [0.717, 1.165) is 12.1 Å². The smallest absolute Gasteiger partial charge is 0.433 e. The van der Waals surface area contributed by atoms with Gasteiger partial charge in [-0.3, -0.25) is 14.9 Å². The van der Waals surface area contributed by atoms with Crippen molar-refractivity contribution in [3.05, 3.63) is 40.3 Å². The molecule has 24 heavy (non-hydrogen) atoms. The molecule has 2 aromatic heterocycles. The molecule has 0 spiro atoms. The number of aromatic nitrogens is 2. The normalized spacial score (nSPS) is 12.0. The zero-order chi connectivity index (χ0) is 17.9. The number of nitrogens with one attached hydrogen (secondary N) is 1. The van der Waals surface area contributed by atoms with Gasteiger partial charge < -0.3 is 14.5 Å². The first kappa shape index (κ1) is 17.2. The Morgan fingerprint density at radius 1 is 1.33 bits per heavy atom. The van der Waals surface area contributed by atoms with Crippen molar-refractivity contribution in [2.24, 2.45) is 0 Å². The van der Waals surface area contributed by atoms with Crippen LogP contribution in [0.3, 0.4) is 0 Å². The number of carbonyl (C=O) groups excluding carboxylic acids is 2. The molecule has 0 aromatic carbocycles. The van der Waals surface area contributed by atoms with Gasteiger partial charge in [0.05, 0.1) is 12.3 Å². The minimum absolute atomic E-state index is 0.0387. The molecule has 2 aromatic rings. The third kappa shape index (κ3) is 3.77. The van der Waals surface area contributed by atoms with Gasteiger partial charge in [0.1, 0.15) is 10.7 Å². The van der Waals surface area contributed by atoms with Crippen LogP contribution in [0.25, 0.3) is 0 Å². The standard InChI is InChI=1S/C14H16N4O6/c1-8(2)17-11(6-7-15-17)16-13(19)9(3)23-14(20)10-4-5-12(24-10)18(21)22/h4-9H,1-3H3,(H,16,19)/t9-/m0/s1. The summed E-state index contributed by atoms with van der Waals surface area (Å²) in [6.07, 6.45) is 0.408. The number of hydrogen-bond donors (Lipinski definition) is 1. The Labute approximate surface area is 136 Å². The van der Waals surface area contributed by atoms with Crippen molar-refractivity contribution < 1.29 is 23.7 Å². The van der Waals surface area contributed by atoms with E-state index < -0.39 is 28.8 Å². The summed E-state index contributed by atoms with van der Waals surface area (Å²) in [7, 11) is 0. The molecule has 2 heterocycles. The highest BCUT2D eigenvalue weighted by Crippen LogP contribution is 2.17. The van der Waals surface area contributed by atoms with Crippen molar-refractivity contribution in [3.8, 4) is 0 Å². The first-order chi connectivity index (χ1) is 11.3. The van der Waals surface area contributed by atoms with Crippen LogP contribution in [0.15, 0.2) is 28.8 Å². The fourth-order valence-electron chi connectivity index (χ4n) is 1.86. The molecule has 0 saturated heterocycles. The zero-order valence-electron chi connectivity index (χ0n) is 13.3. The van der Waals surface area contributed by atoms with Crippen molar-refractivity contribution >= 4 is 23.6 Å². The molecule has 1 N–H and O–H groups in total. The van der Waals surface area contributed by atoms with Crippen molar-refractivity contribution in [2.45, 2.75) is 32.9 Å². The maximum absolute atomic E-state index is 12.1. The van der Waals surface area contributed by atoms with Crippen molar-refractivity contribution in [2.75, 3.05) is 5.32 Å². The topological polar surface area (TPSA) is 130 Å². The maximum atomic E-state index is 12.1. The third-order valence-electron chi connectivity index (χ3n) is 3.04. The molecule has 1 amide bonds. The minimum atomic E-state index is -1.13. The lowest BCUT2D eigenvalue weighted by Gasteiger charge is -2.15. The van der Waals surface area contributed by atoms with Crippen LogP contribution in [0.4, 0.5) is 11.7 Å². The number of nitrogens with zero attached hydrogens (tertiary/aromatic N) is 3. The van der Waals surface area contributed by atoms with E-state index in [9.17, 15) is 19.7 Å². The van der Waals surface area contributed by atoms with E-state index in [0.29, 0.717) is 5.82 Å². The lowest BCUT2D eigenvalue weighted by Crippen LogP contribution is -2.31. The van der Waals surface area contributed by atoms with Crippen molar-refractivity contribution in [3.63, 3.8) is 0 Å². The van der Waals surface area contributed by atoms with Gasteiger partial charge in [-0.05, 0) is 26.8 Å². The molecule has 2 rings (SSSR count). The maximum Gasteiger partial charge on any atom is 0.433 e. The van der Waals surface area contributed by atoms with Gasteiger partial charge in [0.2, 0.25) is 5.76 Å². The number of carbonyl (C=O) groups is 2. The van der Waals surface area contributed by atoms with Gasteiger partial charge in [-0.2, -0.15) is 5.10 Å². The molecule has 0 saturated carbocycles. The zero-order valence-corrected chi connectivity index (χ0v) is 13.3. The number of ether oxygens (including phenoxy) is 1. The highest BCUT2D eigenvalue weighted by atomic mass is 16.7. The van der Waals surface area contributed by atoms with E-state index in [1.165, 1.54) is 13.1 Å². The Morgan fingerprint density at radius 3 is 2.62 bits per heavy atom. The molecule has 10 nitrogen and oxygen atoms in total. The molecule has 0 fully saturated rings. The summed E-state index contributed by atoms with van der Waals surface area (Å²) >= 11 is 0. The molecule has 0 unspecified atom stereocenters. The van der Waals surface area contributed by atoms with Crippen LogP contribution >= 0.6 is 0 Å². The molecule has 0 aliphatic heterocycles. The summed E-state index contributed by atoms with van der Waals surface area (Å²) in [5, 5.41) is 17.2. The summed E-state index contributed by atoms with van der Waals surface area (Å²) in [5.74, 6) is -2.00. The number of rotatable bonds is 6. The van der Waals surface area contributed by atoms with Gasteiger partial charge in [-0.15, -0.1) is 0 Å². The summed E-state index contributed by atoms with van der Waals surface area (Å²) in [6, 6.07) is 3.79. The fraction of sp³-hybridized carbons (Fsp3) is 0.357. The van der Waals surface area contributed by atoms with E-state index in [1.807, 2.05) is 13.8 Å². The van der Waals surface area contributed by atoms with Gasteiger partial charge in [-0.1, -0.05) is 0 Å². The highest BCUT2D eigenvalue weighted by Gasteiger charge is 2.24. The average Bonchev–Trinajstić information content (AvgIpc) is 3.15. The second kappa shape index (κ2) is 6.94. The number of hydrogen-bond acceptors (Lipinski definition) is 7. The molecule has 0 aliphatic rings. The Bertz CT molecular complexity index is 763. The highest BCUT2D eigenvalue weighted by molar-refractivity contribution is 5.96. The van der Waals surface area contributed by atoms with Gasteiger partial charge in [0.15, 0.2) is 6.10 Å². The molecule has 0 radical (unpaired) electrons. The number of amides is 1. The number of furan rings is 1. The lowest BCUT2D eigenvalue weighted by molar-refractivity contribution is -0.402. The van der Waals surface area contributed by atoms with Crippen LogP contribution in [-0.2, 0) is 9.53 Å². The van der Waals surface area contributed by atoms with Crippen molar-refractivity contribution in [1.82, 2.24) is 9.78 Å². The molecular formula is C14H16N4O6. The Balaban J connectivity index is 1.99. The molecule has 1 atom stereocenters. The van der Waals surface area contributed by atoms with Crippen LogP contribution in [0.1, 0.15) is 37.4 Å². The Kier molecular flexibility index (Phi) is 4.97. The Morgan fingerprint density at radius 2 is 2.04 bits per heavy atom. The second-order valence-corrected chi connectivity index (χ2v) is 5.19. The monoisotopic (exact) mass is 336 g/mol. The Hall–Kier alpha value is -3.17. The van der Waals surface area contributed by atoms with Crippen molar-refractivity contribution in [1.29, 1.82) is 0 Å². The van der Waals surface area contributed by atoms with E-state index in [4.69, 9.17) is 9.15 Å². The first-order valence-electron chi connectivity index (χ1n) is 7.09. The molecule has 128 valence electrons. The van der Waals surface area contributed by atoms with Gasteiger partial charge in [-0.25, -0.2) is 9.48 Å². The summed E-state index contributed by atoms with van der Waals surface area (Å²) in [5.41, 5.74) is 0. The van der Waals surface area contributed by atoms with Crippen LogP contribution in [-0.4, -0.2) is 32.7 Å². The second-order valence-electron chi connectivity index (χ2n) is 5.19. The van der Waals surface area contributed by atoms with Crippen LogP contribution < -0.4 is 5.32 Å². The van der Waals surface area contributed by atoms with E-state index >= 15 is 0 Å². The SMILES string of the molecule is CC(C)n1nccc1NC(=O)[C@H](C)OC(=O)c1ccc([N+](=O)[O-])o1. The van der Waals surface area contributed by atoms with E-state index in [1.54, 1.807) is 10.7 Å². The lowest BCUT2D eigenvalue weighted by atomic mass is 10.3. The average molecular weight is 336 g/mol. The summed E-state index contributed by atoms with van der Waals surface area (Å²) in [6.45, 7) is 5.17. The fourth-order valence-corrected chi connectivity index (χ4v) is 1.86. The quantitative estimate of drug-likeness (QED) is 0.486. The molecule has 0 bridgehead atoms. The van der Waals surface area contributed by atoms with Gasteiger partial charge in [0.25, 0.3) is 5.91 Å². The largest absolute Gasteiger partial charge is 0.447 e. The summed E-state index contributed by atoms with van der Waals surface area (Å²) < 4.78 is 11.3. The number of nitro groups is 1. The van der Waals surface area contributed by atoms with Crippen LogP contribution in [0.5, 0.6) is 0 Å². The predicted molar refractivity (Wildman–Crippen MR) is 81.5 cm³/mol. The first-order valence-corrected chi connectivity index (χ1v) is 7.09. The van der Waals surface area contributed by atoms with E-state index in [-0.39, 0.29) is 11.8 Å². The minimum Gasteiger partial charge on any atom is -0.447 e. The summed E-state index contributed by atoms with van der Waals surface area (Å²) in [4.78, 5) is 33.7. The van der Waals surface area contributed by atoms with Crippen LogP contribution in [0, 0.1) is 10.1 Å². The number of esters is 1. The predicted octanol–water partition coefficient (Wildman–Crippen LogP) is 2.15. The van der Waals surface area contributed by atoms with Gasteiger partial charge in [0, 0.05) is 12.1 Å². The molecular weight excluding hydrogens is 320 g/mol.